The monoisotopic (exact) mass is 381 g/mol. The summed E-state index contributed by atoms with van der Waals surface area (Å²) in [6.07, 6.45) is 3.08. The minimum Gasteiger partial charge on any atom is -0.486 e. The number of hydrogen-bond acceptors (Lipinski definition) is 4. The summed E-state index contributed by atoms with van der Waals surface area (Å²) in [6, 6.07) is 11.6. The molecular weight excluding hydrogens is 361 g/mol. The van der Waals surface area contributed by atoms with E-state index in [1.807, 2.05) is 25.1 Å². The van der Waals surface area contributed by atoms with Crippen LogP contribution < -0.4 is 9.47 Å². The van der Waals surface area contributed by atoms with Gasteiger partial charge in [-0.25, -0.2) is 9.37 Å². The van der Waals surface area contributed by atoms with Crippen molar-refractivity contribution in [2.45, 2.75) is 13.5 Å². The Bertz CT molecular complexity index is 985. The first-order chi connectivity index (χ1) is 13.7. The number of benzene rings is 2. The molecule has 2 aromatic carbocycles. The summed E-state index contributed by atoms with van der Waals surface area (Å²) >= 11 is 0. The molecule has 0 N–H and O–H groups in total. The number of imidazole rings is 1. The Morgan fingerprint density at radius 1 is 1.14 bits per heavy atom. The van der Waals surface area contributed by atoms with Crippen LogP contribution in [0.3, 0.4) is 0 Å². The predicted octanol–water partition coefficient (Wildman–Crippen LogP) is 3.44. The van der Waals surface area contributed by atoms with Crippen LogP contribution in [0.2, 0.25) is 0 Å². The van der Waals surface area contributed by atoms with Crippen molar-refractivity contribution in [2.24, 2.45) is 0 Å². The van der Waals surface area contributed by atoms with Crippen LogP contribution in [-0.4, -0.2) is 40.1 Å². The Morgan fingerprint density at radius 2 is 1.89 bits per heavy atom. The smallest absolute Gasteiger partial charge is 0.272 e. The molecule has 1 aliphatic rings. The summed E-state index contributed by atoms with van der Waals surface area (Å²) in [4.78, 5) is 19.0. The summed E-state index contributed by atoms with van der Waals surface area (Å²) in [7, 11) is 0. The van der Waals surface area contributed by atoms with E-state index < -0.39 is 0 Å². The van der Waals surface area contributed by atoms with E-state index in [9.17, 15) is 9.18 Å². The first-order valence-electron chi connectivity index (χ1n) is 9.12. The number of hydrogen-bond donors (Lipinski definition) is 0. The van der Waals surface area contributed by atoms with Crippen LogP contribution in [0.1, 0.15) is 23.0 Å². The van der Waals surface area contributed by atoms with E-state index in [2.05, 4.69) is 4.98 Å². The van der Waals surface area contributed by atoms with Crippen molar-refractivity contribution in [1.29, 1.82) is 0 Å². The quantitative estimate of drug-likeness (QED) is 0.679. The van der Waals surface area contributed by atoms with Crippen molar-refractivity contribution < 1.29 is 18.7 Å². The molecule has 1 aromatic heterocycles. The first-order valence-corrected chi connectivity index (χ1v) is 9.12. The number of carbonyl (C=O) groups is 1. The van der Waals surface area contributed by atoms with Crippen LogP contribution in [-0.2, 0) is 6.54 Å². The summed E-state index contributed by atoms with van der Waals surface area (Å²) in [5.41, 5.74) is 2.05. The number of amides is 1. The predicted molar refractivity (Wildman–Crippen MR) is 101 cm³/mol. The minimum absolute atomic E-state index is 0.154. The fourth-order valence-electron chi connectivity index (χ4n) is 3.16. The maximum Gasteiger partial charge on any atom is 0.272 e. The second-order valence-electron chi connectivity index (χ2n) is 6.42. The lowest BCUT2D eigenvalue weighted by atomic mass is 10.1. The molecule has 0 aliphatic carbocycles. The van der Waals surface area contributed by atoms with E-state index in [0.717, 1.165) is 11.3 Å². The summed E-state index contributed by atoms with van der Waals surface area (Å²) < 4.78 is 26.0. The molecule has 0 atom stereocenters. The molecule has 0 unspecified atom stereocenters. The highest BCUT2D eigenvalue weighted by atomic mass is 19.1. The molecule has 4 rings (SSSR count). The Labute approximate surface area is 162 Å². The molecule has 3 aromatic rings. The molecule has 1 amide bonds. The highest BCUT2D eigenvalue weighted by Crippen LogP contribution is 2.31. The van der Waals surface area contributed by atoms with Crippen LogP contribution in [0.15, 0.2) is 55.0 Å². The zero-order valence-electron chi connectivity index (χ0n) is 15.5. The molecule has 6 nitrogen and oxygen atoms in total. The third-order valence-electron chi connectivity index (χ3n) is 4.61. The number of ether oxygens (including phenoxy) is 2. The molecular formula is C21H20FN3O3. The Hall–Kier alpha value is -3.35. The summed E-state index contributed by atoms with van der Waals surface area (Å²) in [5, 5.41) is 0. The van der Waals surface area contributed by atoms with Gasteiger partial charge in [0.05, 0.1) is 12.5 Å². The van der Waals surface area contributed by atoms with Crippen LogP contribution in [0.4, 0.5) is 4.39 Å². The van der Waals surface area contributed by atoms with Gasteiger partial charge in [0.1, 0.15) is 24.7 Å². The number of rotatable bonds is 5. The average molecular weight is 381 g/mol. The van der Waals surface area contributed by atoms with E-state index in [-0.39, 0.29) is 11.7 Å². The number of nitrogens with zero attached hydrogens (tertiary/aromatic N) is 3. The lowest BCUT2D eigenvalue weighted by Crippen LogP contribution is -2.31. The van der Waals surface area contributed by atoms with Gasteiger partial charge in [-0.05, 0) is 48.9 Å². The molecule has 1 aliphatic heterocycles. The Morgan fingerprint density at radius 3 is 2.64 bits per heavy atom. The van der Waals surface area contributed by atoms with E-state index in [1.165, 1.54) is 18.3 Å². The molecule has 7 heteroatoms. The van der Waals surface area contributed by atoms with Gasteiger partial charge in [0.15, 0.2) is 11.5 Å². The number of carbonyl (C=O) groups excluding carboxylic acids is 1. The van der Waals surface area contributed by atoms with Crippen molar-refractivity contribution in [3.8, 4) is 17.2 Å². The van der Waals surface area contributed by atoms with Crippen molar-refractivity contribution in [1.82, 2.24) is 14.5 Å². The average Bonchev–Trinajstić information content (AvgIpc) is 3.22. The fraction of sp³-hybridized carbons (Fsp3) is 0.238. The standard InChI is InChI=1S/C21H20FN3O3/c1-2-24(13-15-3-8-19-20(11-15)28-10-9-27-19)21(26)18-12-23-14-25(18)17-6-4-16(22)5-7-17/h3-8,11-12,14H,2,9-10,13H2,1H3. The van der Waals surface area contributed by atoms with Crippen LogP contribution in [0.25, 0.3) is 5.69 Å². The molecule has 2 heterocycles. The number of halogens is 1. The normalized spacial score (nSPS) is 12.6. The Balaban J connectivity index is 1.57. The fourth-order valence-corrected chi connectivity index (χ4v) is 3.16. The molecule has 0 fully saturated rings. The number of fused-ring (bicyclic) bond motifs is 1. The maximum absolute atomic E-state index is 13.2. The van der Waals surface area contributed by atoms with Gasteiger partial charge in [0.25, 0.3) is 5.91 Å². The van der Waals surface area contributed by atoms with E-state index in [0.29, 0.717) is 43.4 Å². The highest BCUT2D eigenvalue weighted by molar-refractivity contribution is 5.93. The molecule has 0 radical (unpaired) electrons. The molecule has 0 bridgehead atoms. The third kappa shape index (κ3) is 3.55. The van der Waals surface area contributed by atoms with Gasteiger partial charge >= 0.3 is 0 Å². The van der Waals surface area contributed by atoms with Gasteiger partial charge in [0.2, 0.25) is 0 Å². The van der Waals surface area contributed by atoms with Gasteiger partial charge < -0.3 is 14.4 Å². The van der Waals surface area contributed by atoms with Gasteiger partial charge in [-0.2, -0.15) is 0 Å². The van der Waals surface area contributed by atoms with Crippen molar-refractivity contribution in [2.75, 3.05) is 19.8 Å². The van der Waals surface area contributed by atoms with E-state index >= 15 is 0 Å². The van der Waals surface area contributed by atoms with Gasteiger partial charge in [0, 0.05) is 18.8 Å². The van der Waals surface area contributed by atoms with Gasteiger partial charge in [-0.3, -0.25) is 9.36 Å². The van der Waals surface area contributed by atoms with Crippen LogP contribution in [0.5, 0.6) is 11.5 Å². The van der Waals surface area contributed by atoms with Gasteiger partial charge in [-0.1, -0.05) is 6.07 Å². The molecule has 28 heavy (non-hydrogen) atoms. The lowest BCUT2D eigenvalue weighted by molar-refractivity contribution is 0.0744. The zero-order chi connectivity index (χ0) is 19.5. The minimum atomic E-state index is -0.328. The van der Waals surface area contributed by atoms with Gasteiger partial charge in [-0.15, -0.1) is 0 Å². The molecule has 0 spiro atoms. The third-order valence-corrected chi connectivity index (χ3v) is 4.61. The molecule has 0 saturated carbocycles. The summed E-state index contributed by atoms with van der Waals surface area (Å²) in [6.45, 7) is 3.94. The topological polar surface area (TPSA) is 56.6 Å². The largest absolute Gasteiger partial charge is 0.486 e. The first kappa shape index (κ1) is 18.0. The second kappa shape index (κ2) is 7.72. The Kier molecular flexibility index (Phi) is 4.97. The van der Waals surface area contributed by atoms with Crippen LogP contribution in [0, 0.1) is 5.82 Å². The van der Waals surface area contributed by atoms with Crippen LogP contribution >= 0.6 is 0 Å². The van der Waals surface area contributed by atoms with Crippen molar-refractivity contribution >= 4 is 5.91 Å². The van der Waals surface area contributed by atoms with E-state index in [4.69, 9.17) is 9.47 Å². The maximum atomic E-state index is 13.2. The highest BCUT2D eigenvalue weighted by Gasteiger charge is 2.20. The van der Waals surface area contributed by atoms with Crippen molar-refractivity contribution in [3.05, 3.63) is 72.1 Å². The zero-order valence-corrected chi connectivity index (χ0v) is 15.5. The lowest BCUT2D eigenvalue weighted by Gasteiger charge is -2.23. The molecule has 0 saturated heterocycles. The molecule has 144 valence electrons. The van der Waals surface area contributed by atoms with Crippen molar-refractivity contribution in [3.63, 3.8) is 0 Å². The second-order valence-corrected chi connectivity index (χ2v) is 6.42. The SMILES string of the molecule is CCN(Cc1ccc2c(c1)OCCO2)C(=O)c1cncn1-c1ccc(F)cc1. The summed E-state index contributed by atoms with van der Waals surface area (Å²) in [5.74, 6) is 0.937. The number of aromatic nitrogens is 2. The van der Waals surface area contributed by atoms with E-state index in [1.54, 1.807) is 27.9 Å².